The Morgan fingerprint density at radius 1 is 1.04 bits per heavy atom. The van der Waals surface area contributed by atoms with E-state index >= 15 is 0 Å². The molecule has 0 aliphatic carbocycles. The molecule has 0 radical (unpaired) electrons. The minimum atomic E-state index is -0.530. The largest absolute Gasteiger partial charge is 0.331 e. The Balaban J connectivity index is 1.94. The number of anilines is 1. The zero-order valence-corrected chi connectivity index (χ0v) is 15.8. The summed E-state index contributed by atoms with van der Waals surface area (Å²) in [7, 11) is 0. The number of rotatable bonds is 5. The van der Waals surface area contributed by atoms with Crippen LogP contribution in [0.1, 0.15) is 5.56 Å². The van der Waals surface area contributed by atoms with Crippen molar-refractivity contribution < 1.29 is 14.6 Å². The van der Waals surface area contributed by atoms with Gasteiger partial charge in [0.05, 0.1) is 15.5 Å². The van der Waals surface area contributed by atoms with Gasteiger partial charge >= 0.3 is 0 Å². The number of amides is 1. The van der Waals surface area contributed by atoms with Crippen molar-refractivity contribution in [2.24, 2.45) is 0 Å². The van der Waals surface area contributed by atoms with E-state index in [2.05, 4.69) is 26.6 Å². The summed E-state index contributed by atoms with van der Waals surface area (Å²) in [5.41, 5.74) is 0.919. The summed E-state index contributed by atoms with van der Waals surface area (Å²) in [5, 5.41) is 26.5. The normalized spacial score (nSPS) is 10.4. The minimum Gasteiger partial charge on any atom is -0.331 e. The SMILES string of the molecule is O=C(/C=C/c1ccc([N+](=O)[O-])cc1)NC(=S)Nc1ccc([N+](=O)[O-])cc1Br. The Morgan fingerprint density at radius 3 is 2.19 bits per heavy atom. The van der Waals surface area contributed by atoms with Crippen LogP contribution in [0.3, 0.4) is 0 Å². The van der Waals surface area contributed by atoms with Crippen LogP contribution in [0, 0.1) is 20.2 Å². The summed E-state index contributed by atoms with van der Waals surface area (Å²) in [6, 6.07) is 9.73. The van der Waals surface area contributed by atoms with Crippen molar-refractivity contribution >= 4 is 62.3 Å². The van der Waals surface area contributed by atoms with Gasteiger partial charge in [0, 0.05) is 34.8 Å². The molecule has 0 heterocycles. The molecule has 0 saturated heterocycles. The summed E-state index contributed by atoms with van der Waals surface area (Å²) in [6.07, 6.45) is 2.70. The number of nitro groups is 2. The lowest BCUT2D eigenvalue weighted by Gasteiger charge is -2.09. The predicted octanol–water partition coefficient (Wildman–Crippen LogP) is 3.79. The first kappa shape index (κ1) is 20.1. The van der Waals surface area contributed by atoms with Crippen LogP contribution in [0.4, 0.5) is 17.1 Å². The first-order chi connectivity index (χ1) is 12.8. The highest BCUT2D eigenvalue weighted by atomic mass is 79.9. The van der Waals surface area contributed by atoms with Gasteiger partial charge in [-0.1, -0.05) is 0 Å². The molecule has 0 aliphatic heterocycles. The highest BCUT2D eigenvalue weighted by molar-refractivity contribution is 9.10. The average Bonchev–Trinajstić information content (AvgIpc) is 2.61. The van der Waals surface area contributed by atoms with Gasteiger partial charge in [-0.2, -0.15) is 0 Å². The number of thiocarbonyl (C=S) groups is 1. The van der Waals surface area contributed by atoms with Crippen molar-refractivity contribution in [3.05, 3.63) is 78.8 Å². The third kappa shape index (κ3) is 5.94. The van der Waals surface area contributed by atoms with Gasteiger partial charge in [0.2, 0.25) is 5.91 Å². The number of benzene rings is 2. The first-order valence-corrected chi connectivity index (χ1v) is 8.45. The van der Waals surface area contributed by atoms with E-state index in [4.69, 9.17) is 12.2 Å². The topological polar surface area (TPSA) is 127 Å². The number of hydrogen-bond acceptors (Lipinski definition) is 6. The molecular formula is C16H11BrN4O5S. The Morgan fingerprint density at radius 2 is 1.63 bits per heavy atom. The number of non-ortho nitro benzene ring substituents is 2. The number of nitro benzene ring substituents is 2. The molecule has 0 saturated carbocycles. The van der Waals surface area contributed by atoms with Crippen LogP contribution >= 0.6 is 28.1 Å². The molecular weight excluding hydrogens is 440 g/mol. The van der Waals surface area contributed by atoms with Crippen LogP contribution in [0.5, 0.6) is 0 Å². The van der Waals surface area contributed by atoms with E-state index in [9.17, 15) is 25.0 Å². The van der Waals surface area contributed by atoms with E-state index in [1.165, 1.54) is 54.6 Å². The molecule has 0 unspecified atom stereocenters. The van der Waals surface area contributed by atoms with Crippen LogP contribution < -0.4 is 10.6 Å². The lowest BCUT2D eigenvalue weighted by atomic mass is 10.2. The Labute approximate surface area is 166 Å². The molecule has 2 rings (SSSR count). The Hall–Kier alpha value is -3.18. The number of halogens is 1. The van der Waals surface area contributed by atoms with Crippen molar-refractivity contribution in [3.8, 4) is 0 Å². The smallest absolute Gasteiger partial charge is 0.270 e. The van der Waals surface area contributed by atoms with Crippen molar-refractivity contribution in [1.29, 1.82) is 0 Å². The maximum atomic E-state index is 11.9. The number of hydrogen-bond donors (Lipinski definition) is 2. The maximum Gasteiger partial charge on any atom is 0.270 e. The zero-order valence-electron chi connectivity index (χ0n) is 13.4. The van der Waals surface area contributed by atoms with E-state index in [-0.39, 0.29) is 16.5 Å². The maximum absolute atomic E-state index is 11.9. The molecule has 0 aromatic heterocycles. The zero-order chi connectivity index (χ0) is 20.0. The molecule has 0 atom stereocenters. The lowest BCUT2D eigenvalue weighted by molar-refractivity contribution is -0.385. The van der Waals surface area contributed by atoms with Crippen LogP contribution in [0.15, 0.2) is 53.0 Å². The molecule has 1 amide bonds. The van der Waals surface area contributed by atoms with Gasteiger partial charge in [-0.05, 0) is 58.0 Å². The van der Waals surface area contributed by atoms with Crippen molar-refractivity contribution in [3.63, 3.8) is 0 Å². The Kier molecular flexibility index (Phi) is 6.68. The molecule has 2 N–H and O–H groups in total. The van der Waals surface area contributed by atoms with Gasteiger partial charge in [0.1, 0.15) is 0 Å². The van der Waals surface area contributed by atoms with Gasteiger partial charge in [-0.3, -0.25) is 30.3 Å². The average molecular weight is 451 g/mol. The van der Waals surface area contributed by atoms with Gasteiger partial charge in [-0.15, -0.1) is 0 Å². The van der Waals surface area contributed by atoms with Crippen LogP contribution in [-0.4, -0.2) is 20.9 Å². The highest BCUT2D eigenvalue weighted by Crippen LogP contribution is 2.27. The summed E-state index contributed by atoms with van der Waals surface area (Å²) >= 11 is 8.21. The number of carbonyl (C=O) groups is 1. The fraction of sp³-hybridized carbons (Fsp3) is 0. The predicted molar refractivity (Wildman–Crippen MR) is 107 cm³/mol. The Bertz CT molecular complexity index is 946. The van der Waals surface area contributed by atoms with Crippen LogP contribution in [0.2, 0.25) is 0 Å². The summed E-state index contributed by atoms with van der Waals surface area (Å²) in [4.78, 5) is 32.1. The highest BCUT2D eigenvalue weighted by Gasteiger charge is 2.10. The van der Waals surface area contributed by atoms with E-state index < -0.39 is 15.8 Å². The standard InChI is InChI=1S/C16H11BrN4O5S/c17-13-9-12(21(25)26)6-7-14(13)18-16(27)19-15(22)8-3-10-1-4-11(5-2-10)20(23)24/h1-9H,(H2,18,19,22,27)/b8-3+. The molecule has 2 aromatic carbocycles. The second kappa shape index (κ2) is 8.96. The summed E-state index contributed by atoms with van der Waals surface area (Å²) in [6.45, 7) is 0. The third-order valence-electron chi connectivity index (χ3n) is 3.18. The van der Waals surface area contributed by atoms with Crippen LogP contribution in [-0.2, 0) is 4.79 Å². The molecule has 0 bridgehead atoms. The van der Waals surface area contributed by atoms with Crippen molar-refractivity contribution in [1.82, 2.24) is 5.32 Å². The summed E-state index contributed by atoms with van der Waals surface area (Å²) < 4.78 is 0.412. The first-order valence-electron chi connectivity index (χ1n) is 7.24. The quantitative estimate of drug-likeness (QED) is 0.306. The van der Waals surface area contributed by atoms with Gasteiger partial charge in [0.15, 0.2) is 5.11 Å². The van der Waals surface area contributed by atoms with E-state index in [0.29, 0.717) is 15.7 Å². The minimum absolute atomic E-state index is 0.00269. The van der Waals surface area contributed by atoms with Gasteiger partial charge < -0.3 is 5.32 Å². The van der Waals surface area contributed by atoms with E-state index in [0.717, 1.165) is 0 Å². The molecule has 27 heavy (non-hydrogen) atoms. The lowest BCUT2D eigenvalue weighted by Crippen LogP contribution is -2.32. The second-order valence-corrected chi connectivity index (χ2v) is 6.31. The molecule has 138 valence electrons. The van der Waals surface area contributed by atoms with E-state index in [1.807, 2.05) is 0 Å². The number of nitrogens with zero attached hydrogens (tertiary/aromatic N) is 2. The van der Waals surface area contributed by atoms with Crippen molar-refractivity contribution in [2.45, 2.75) is 0 Å². The summed E-state index contributed by atoms with van der Waals surface area (Å²) in [5.74, 6) is -0.510. The fourth-order valence-corrected chi connectivity index (χ4v) is 2.58. The van der Waals surface area contributed by atoms with Gasteiger partial charge in [0.25, 0.3) is 11.4 Å². The third-order valence-corrected chi connectivity index (χ3v) is 4.04. The molecule has 0 fully saturated rings. The van der Waals surface area contributed by atoms with Crippen LogP contribution in [0.25, 0.3) is 6.08 Å². The molecule has 0 aliphatic rings. The van der Waals surface area contributed by atoms with E-state index in [1.54, 1.807) is 0 Å². The monoisotopic (exact) mass is 450 g/mol. The molecule has 9 nitrogen and oxygen atoms in total. The van der Waals surface area contributed by atoms with Gasteiger partial charge in [-0.25, -0.2) is 0 Å². The van der Waals surface area contributed by atoms with Crippen molar-refractivity contribution in [2.75, 3.05) is 5.32 Å². The second-order valence-electron chi connectivity index (χ2n) is 5.05. The molecule has 11 heteroatoms. The number of nitrogens with one attached hydrogen (secondary N) is 2. The molecule has 2 aromatic rings. The number of carbonyl (C=O) groups excluding carboxylic acids is 1. The fourth-order valence-electron chi connectivity index (χ4n) is 1.91. The molecule has 0 spiro atoms.